The van der Waals surface area contributed by atoms with Gasteiger partial charge in [-0.25, -0.2) is 15.0 Å². The van der Waals surface area contributed by atoms with Crippen LogP contribution in [0.15, 0.2) is 17.8 Å². The van der Waals surface area contributed by atoms with Crippen molar-refractivity contribution in [1.82, 2.24) is 15.0 Å². The van der Waals surface area contributed by atoms with E-state index in [2.05, 4.69) is 34.1 Å². The van der Waals surface area contributed by atoms with Crippen molar-refractivity contribution in [3.63, 3.8) is 0 Å². The predicted octanol–water partition coefficient (Wildman–Crippen LogP) is 3.75. The number of piperidine rings is 1. The molecule has 1 unspecified atom stereocenters. The minimum atomic E-state index is 0.509. The lowest BCUT2D eigenvalue weighted by Crippen LogP contribution is -2.35. The summed E-state index contributed by atoms with van der Waals surface area (Å²) in [5, 5.41) is 3.48. The molecule has 21 heavy (non-hydrogen) atoms. The third-order valence-corrected chi connectivity index (χ3v) is 4.98. The Kier molecular flexibility index (Phi) is 4.19. The van der Waals surface area contributed by atoms with Crippen LogP contribution in [0.4, 0.5) is 5.95 Å². The van der Waals surface area contributed by atoms with Crippen LogP contribution in [0.1, 0.15) is 54.8 Å². The fraction of sp³-hybridized carbons (Fsp3) is 0.562. The Morgan fingerprint density at radius 1 is 1.29 bits per heavy atom. The lowest BCUT2D eigenvalue weighted by Gasteiger charge is -2.31. The molecular formula is C16H22N4S. The molecule has 3 rings (SSSR count). The van der Waals surface area contributed by atoms with Gasteiger partial charge in [0.05, 0.1) is 10.7 Å². The first kappa shape index (κ1) is 14.4. The van der Waals surface area contributed by atoms with Crippen molar-refractivity contribution in [2.45, 2.75) is 45.4 Å². The highest BCUT2D eigenvalue weighted by molar-refractivity contribution is 7.09. The van der Waals surface area contributed by atoms with Crippen LogP contribution in [0.25, 0.3) is 0 Å². The molecule has 1 atom stereocenters. The van der Waals surface area contributed by atoms with E-state index in [-0.39, 0.29) is 0 Å². The molecule has 112 valence electrons. The van der Waals surface area contributed by atoms with Crippen LogP contribution in [0.5, 0.6) is 0 Å². The lowest BCUT2D eigenvalue weighted by molar-refractivity contribution is 0.500. The van der Waals surface area contributed by atoms with Gasteiger partial charge in [0.15, 0.2) is 0 Å². The molecule has 2 aromatic rings. The van der Waals surface area contributed by atoms with Gasteiger partial charge in [0, 0.05) is 36.8 Å². The average molecular weight is 302 g/mol. The van der Waals surface area contributed by atoms with Crippen LogP contribution in [-0.4, -0.2) is 28.0 Å². The maximum atomic E-state index is 4.83. The summed E-state index contributed by atoms with van der Waals surface area (Å²) in [7, 11) is 0. The van der Waals surface area contributed by atoms with Crippen molar-refractivity contribution in [2.75, 3.05) is 18.0 Å². The van der Waals surface area contributed by atoms with Crippen LogP contribution in [0.2, 0.25) is 0 Å². The second-order valence-corrected chi connectivity index (χ2v) is 7.00. The van der Waals surface area contributed by atoms with Gasteiger partial charge in [-0.15, -0.1) is 11.3 Å². The first-order chi connectivity index (χ1) is 10.1. The third-order valence-electron chi connectivity index (χ3n) is 3.95. The molecule has 0 spiro atoms. The maximum Gasteiger partial charge on any atom is 0.225 e. The Labute approximate surface area is 130 Å². The van der Waals surface area contributed by atoms with E-state index < -0.39 is 0 Å². The Hall–Kier alpha value is -1.49. The Balaban J connectivity index is 1.74. The van der Waals surface area contributed by atoms with Gasteiger partial charge in [0.2, 0.25) is 5.95 Å². The summed E-state index contributed by atoms with van der Waals surface area (Å²) < 4.78 is 0. The van der Waals surface area contributed by atoms with Crippen LogP contribution >= 0.6 is 11.3 Å². The molecule has 1 aliphatic rings. The second-order valence-electron chi connectivity index (χ2n) is 6.11. The molecule has 1 fully saturated rings. The van der Waals surface area contributed by atoms with E-state index in [0.29, 0.717) is 11.8 Å². The molecule has 0 radical (unpaired) electrons. The molecule has 3 heterocycles. The summed E-state index contributed by atoms with van der Waals surface area (Å²) in [6.07, 6.45) is 6.18. The zero-order chi connectivity index (χ0) is 14.8. The van der Waals surface area contributed by atoms with E-state index in [9.17, 15) is 0 Å². The number of hydrogen-bond acceptors (Lipinski definition) is 5. The number of aryl methyl sites for hydroxylation is 1. The number of hydrogen-bond donors (Lipinski definition) is 0. The van der Waals surface area contributed by atoms with Gasteiger partial charge in [0.1, 0.15) is 0 Å². The van der Waals surface area contributed by atoms with E-state index in [1.807, 2.05) is 19.3 Å². The number of nitrogens with zero attached hydrogens (tertiary/aromatic N) is 4. The minimum Gasteiger partial charge on any atom is -0.340 e. The van der Waals surface area contributed by atoms with Crippen molar-refractivity contribution in [3.8, 4) is 0 Å². The van der Waals surface area contributed by atoms with Crippen LogP contribution in [0.3, 0.4) is 0 Å². The van der Waals surface area contributed by atoms with E-state index in [0.717, 1.165) is 24.6 Å². The van der Waals surface area contributed by atoms with Gasteiger partial charge in [0.25, 0.3) is 0 Å². The molecule has 0 saturated carbocycles. The van der Waals surface area contributed by atoms with E-state index in [1.165, 1.54) is 23.5 Å². The van der Waals surface area contributed by atoms with Crippen LogP contribution < -0.4 is 4.90 Å². The minimum absolute atomic E-state index is 0.509. The summed E-state index contributed by atoms with van der Waals surface area (Å²) in [6, 6.07) is 0. The first-order valence-corrected chi connectivity index (χ1v) is 8.50. The average Bonchev–Trinajstić information content (AvgIpc) is 2.98. The number of thiazole rings is 1. The number of aromatic nitrogens is 3. The van der Waals surface area contributed by atoms with Crippen molar-refractivity contribution in [2.24, 2.45) is 0 Å². The largest absolute Gasteiger partial charge is 0.340 e. The lowest BCUT2D eigenvalue weighted by atomic mass is 9.99. The van der Waals surface area contributed by atoms with Crippen molar-refractivity contribution >= 4 is 17.3 Å². The molecule has 0 bridgehead atoms. The first-order valence-electron chi connectivity index (χ1n) is 7.62. The Bertz CT molecular complexity index is 591. The summed E-state index contributed by atoms with van der Waals surface area (Å²) in [4.78, 5) is 16.0. The Morgan fingerprint density at radius 3 is 2.71 bits per heavy atom. The highest BCUT2D eigenvalue weighted by Crippen LogP contribution is 2.31. The predicted molar refractivity (Wildman–Crippen MR) is 87.2 cm³/mol. The fourth-order valence-electron chi connectivity index (χ4n) is 2.66. The van der Waals surface area contributed by atoms with Gasteiger partial charge in [-0.3, -0.25) is 0 Å². The fourth-order valence-corrected chi connectivity index (χ4v) is 3.77. The normalized spacial score (nSPS) is 19.2. The molecule has 4 nitrogen and oxygen atoms in total. The SMILES string of the molecule is Cc1cnc(N2CCCC(c3nc(C(C)C)cs3)C2)nc1. The molecule has 0 aliphatic carbocycles. The highest BCUT2D eigenvalue weighted by Gasteiger charge is 2.25. The van der Waals surface area contributed by atoms with Gasteiger partial charge in [-0.1, -0.05) is 13.8 Å². The second kappa shape index (κ2) is 6.10. The molecule has 2 aromatic heterocycles. The van der Waals surface area contributed by atoms with Gasteiger partial charge < -0.3 is 4.90 Å². The van der Waals surface area contributed by atoms with Crippen LogP contribution in [0, 0.1) is 6.92 Å². The highest BCUT2D eigenvalue weighted by atomic mass is 32.1. The summed E-state index contributed by atoms with van der Waals surface area (Å²) in [6.45, 7) is 8.44. The number of rotatable bonds is 3. The van der Waals surface area contributed by atoms with Gasteiger partial charge in [-0.2, -0.15) is 0 Å². The summed E-state index contributed by atoms with van der Waals surface area (Å²) in [5.74, 6) is 1.88. The van der Waals surface area contributed by atoms with E-state index in [1.54, 1.807) is 11.3 Å². The van der Waals surface area contributed by atoms with Crippen molar-refractivity contribution < 1.29 is 0 Å². The van der Waals surface area contributed by atoms with Crippen molar-refractivity contribution in [1.29, 1.82) is 0 Å². The topological polar surface area (TPSA) is 41.9 Å². The standard InChI is InChI=1S/C16H22N4S/c1-11(2)14-10-21-15(19-14)13-5-4-6-20(9-13)16-17-7-12(3)8-18-16/h7-8,10-11,13H,4-6,9H2,1-3H3. The zero-order valence-corrected chi connectivity index (χ0v) is 13.7. The molecule has 1 aliphatic heterocycles. The molecule has 5 heteroatoms. The smallest absolute Gasteiger partial charge is 0.225 e. The Morgan fingerprint density at radius 2 is 2.05 bits per heavy atom. The summed E-state index contributed by atoms with van der Waals surface area (Å²) in [5.41, 5.74) is 2.33. The van der Waals surface area contributed by atoms with Gasteiger partial charge >= 0.3 is 0 Å². The number of anilines is 1. The van der Waals surface area contributed by atoms with Crippen LogP contribution in [-0.2, 0) is 0 Å². The maximum absolute atomic E-state index is 4.83. The van der Waals surface area contributed by atoms with Crippen molar-refractivity contribution in [3.05, 3.63) is 34.0 Å². The molecule has 1 saturated heterocycles. The monoisotopic (exact) mass is 302 g/mol. The molecule has 0 N–H and O–H groups in total. The quantitative estimate of drug-likeness (QED) is 0.866. The summed E-state index contributed by atoms with van der Waals surface area (Å²) >= 11 is 1.81. The molecule has 0 aromatic carbocycles. The van der Waals surface area contributed by atoms with Gasteiger partial charge in [-0.05, 0) is 31.2 Å². The van der Waals surface area contributed by atoms with E-state index >= 15 is 0 Å². The molecular weight excluding hydrogens is 280 g/mol. The molecule has 0 amide bonds. The van der Waals surface area contributed by atoms with E-state index in [4.69, 9.17) is 4.98 Å². The zero-order valence-electron chi connectivity index (χ0n) is 12.9. The third kappa shape index (κ3) is 3.23.